The fourth-order valence-corrected chi connectivity index (χ4v) is 1.87. The van der Waals surface area contributed by atoms with Crippen LogP contribution in [0.3, 0.4) is 0 Å². The monoisotopic (exact) mass is 249 g/mol. The Morgan fingerprint density at radius 3 is 2.41 bits per heavy atom. The van der Waals surface area contributed by atoms with Crippen molar-refractivity contribution in [1.82, 2.24) is 0 Å². The molecule has 0 aromatic heterocycles. The predicted octanol–water partition coefficient (Wildman–Crippen LogP) is 3.96. The van der Waals surface area contributed by atoms with Gasteiger partial charge in [-0.05, 0) is 48.2 Å². The Morgan fingerprint density at radius 2 is 1.76 bits per heavy atom. The maximum absolute atomic E-state index is 13.1. The van der Waals surface area contributed by atoms with Crippen molar-refractivity contribution in [3.8, 4) is 0 Å². The molecule has 0 spiro atoms. The number of aryl methyl sites for hydroxylation is 1. The number of benzene rings is 2. The molecular formula is C14H13ClFN. The van der Waals surface area contributed by atoms with E-state index in [-0.39, 0.29) is 5.82 Å². The summed E-state index contributed by atoms with van der Waals surface area (Å²) in [5, 5.41) is 0.559. The van der Waals surface area contributed by atoms with Crippen molar-refractivity contribution in [1.29, 1.82) is 0 Å². The molecule has 0 unspecified atom stereocenters. The fraction of sp³-hybridized carbons (Fsp3) is 0.143. The van der Waals surface area contributed by atoms with Gasteiger partial charge in [-0.25, -0.2) is 4.39 Å². The molecule has 0 atom stereocenters. The Hall–Kier alpha value is -1.54. The summed E-state index contributed by atoms with van der Waals surface area (Å²) in [6.45, 7) is 1.76. The summed E-state index contributed by atoms with van der Waals surface area (Å²) in [5.74, 6) is -0.177. The second kappa shape index (κ2) is 4.76. The first-order valence-electron chi connectivity index (χ1n) is 5.35. The number of halogens is 2. The van der Waals surface area contributed by atoms with Gasteiger partial charge in [0.15, 0.2) is 0 Å². The molecular weight excluding hydrogens is 237 g/mol. The zero-order chi connectivity index (χ0) is 12.4. The third kappa shape index (κ3) is 2.77. The van der Waals surface area contributed by atoms with E-state index in [2.05, 4.69) is 0 Å². The lowest BCUT2D eigenvalue weighted by Gasteiger charge is -2.06. The molecule has 17 heavy (non-hydrogen) atoms. The normalized spacial score (nSPS) is 10.5. The maximum atomic E-state index is 13.1. The second-order valence-corrected chi connectivity index (χ2v) is 4.52. The lowest BCUT2D eigenvalue weighted by molar-refractivity contribution is 0.618. The Bertz CT molecular complexity index is 502. The third-order valence-electron chi connectivity index (χ3n) is 2.69. The third-order valence-corrected chi connectivity index (χ3v) is 3.04. The largest absolute Gasteiger partial charge is 0.398 e. The van der Waals surface area contributed by atoms with Crippen molar-refractivity contribution >= 4 is 17.3 Å². The average Bonchev–Trinajstić information content (AvgIpc) is 2.29. The highest BCUT2D eigenvalue weighted by atomic mass is 35.5. The molecule has 2 aromatic rings. The number of hydrogen-bond donors (Lipinski definition) is 1. The number of anilines is 1. The van der Waals surface area contributed by atoms with E-state index in [1.807, 2.05) is 18.2 Å². The summed E-state index contributed by atoms with van der Waals surface area (Å²) in [6.07, 6.45) is 0.725. The molecule has 0 aliphatic carbocycles. The maximum Gasteiger partial charge on any atom is 0.126 e. The number of hydrogen-bond acceptors (Lipinski definition) is 1. The van der Waals surface area contributed by atoms with E-state index in [0.717, 1.165) is 17.5 Å². The van der Waals surface area contributed by atoms with Crippen LogP contribution in [0.15, 0.2) is 36.4 Å². The zero-order valence-corrected chi connectivity index (χ0v) is 10.3. The number of rotatable bonds is 2. The van der Waals surface area contributed by atoms with Crippen LogP contribution >= 0.6 is 11.6 Å². The first kappa shape index (κ1) is 11.9. The van der Waals surface area contributed by atoms with Crippen molar-refractivity contribution in [3.05, 3.63) is 63.9 Å². The Morgan fingerprint density at radius 1 is 1.12 bits per heavy atom. The van der Waals surface area contributed by atoms with E-state index in [9.17, 15) is 4.39 Å². The van der Waals surface area contributed by atoms with Crippen LogP contribution in [-0.2, 0) is 6.42 Å². The highest BCUT2D eigenvalue weighted by Gasteiger charge is 2.02. The van der Waals surface area contributed by atoms with E-state index in [4.69, 9.17) is 17.3 Å². The molecule has 1 nitrogen and oxygen atoms in total. The van der Waals surface area contributed by atoms with E-state index >= 15 is 0 Å². The van der Waals surface area contributed by atoms with E-state index in [1.54, 1.807) is 19.1 Å². The summed E-state index contributed by atoms with van der Waals surface area (Å²) in [6, 6.07) is 10.7. The van der Waals surface area contributed by atoms with Crippen LogP contribution in [0, 0.1) is 12.7 Å². The molecule has 0 heterocycles. The van der Waals surface area contributed by atoms with Crippen molar-refractivity contribution in [2.75, 3.05) is 5.73 Å². The lowest BCUT2D eigenvalue weighted by Crippen LogP contribution is -1.93. The van der Waals surface area contributed by atoms with Crippen molar-refractivity contribution < 1.29 is 4.39 Å². The molecule has 0 aliphatic heterocycles. The molecule has 88 valence electrons. The van der Waals surface area contributed by atoms with Gasteiger partial charge in [0.2, 0.25) is 0 Å². The van der Waals surface area contributed by atoms with Crippen LogP contribution in [0.4, 0.5) is 10.1 Å². The Balaban J connectivity index is 2.25. The minimum absolute atomic E-state index is 0.177. The summed E-state index contributed by atoms with van der Waals surface area (Å²) in [5.41, 5.74) is 9.09. The molecule has 0 saturated heterocycles. The molecule has 0 radical (unpaired) electrons. The van der Waals surface area contributed by atoms with E-state index in [0.29, 0.717) is 16.3 Å². The van der Waals surface area contributed by atoms with Gasteiger partial charge >= 0.3 is 0 Å². The summed E-state index contributed by atoms with van der Waals surface area (Å²) >= 11 is 5.86. The molecule has 3 heteroatoms. The Labute approximate surface area is 105 Å². The Kier molecular flexibility index (Phi) is 3.34. The second-order valence-electron chi connectivity index (χ2n) is 4.12. The first-order chi connectivity index (χ1) is 8.06. The van der Waals surface area contributed by atoms with Crippen molar-refractivity contribution in [2.45, 2.75) is 13.3 Å². The van der Waals surface area contributed by atoms with Gasteiger partial charge in [-0.3, -0.25) is 0 Å². The van der Waals surface area contributed by atoms with Gasteiger partial charge in [0.1, 0.15) is 5.82 Å². The van der Waals surface area contributed by atoms with Crippen LogP contribution in [0.2, 0.25) is 5.02 Å². The summed E-state index contributed by atoms with van der Waals surface area (Å²) in [7, 11) is 0. The molecule has 0 fully saturated rings. The molecule has 2 N–H and O–H groups in total. The number of nitrogen functional groups attached to an aromatic ring is 1. The lowest BCUT2D eigenvalue weighted by atomic mass is 10.0. The van der Waals surface area contributed by atoms with Gasteiger partial charge in [-0.1, -0.05) is 29.8 Å². The minimum Gasteiger partial charge on any atom is -0.398 e. The first-order valence-corrected chi connectivity index (χ1v) is 5.73. The molecule has 2 aromatic carbocycles. The zero-order valence-electron chi connectivity index (χ0n) is 9.50. The van der Waals surface area contributed by atoms with Gasteiger partial charge in [0.05, 0.1) is 10.7 Å². The molecule has 0 saturated carbocycles. The summed E-state index contributed by atoms with van der Waals surface area (Å²) in [4.78, 5) is 0. The van der Waals surface area contributed by atoms with E-state index in [1.165, 1.54) is 6.07 Å². The molecule has 2 rings (SSSR count). The average molecular weight is 250 g/mol. The van der Waals surface area contributed by atoms with Crippen LogP contribution in [0.1, 0.15) is 16.7 Å². The van der Waals surface area contributed by atoms with E-state index < -0.39 is 0 Å². The van der Waals surface area contributed by atoms with Gasteiger partial charge in [0, 0.05) is 0 Å². The van der Waals surface area contributed by atoms with Gasteiger partial charge in [-0.2, -0.15) is 0 Å². The standard InChI is InChI=1S/C14H13ClFN/c1-9-6-10(3-5-13(9)16)7-11-2-4-12(15)14(17)8-11/h2-6,8H,7,17H2,1H3. The van der Waals surface area contributed by atoms with Gasteiger partial charge in [-0.15, -0.1) is 0 Å². The van der Waals surface area contributed by atoms with Crippen LogP contribution in [-0.4, -0.2) is 0 Å². The highest BCUT2D eigenvalue weighted by Crippen LogP contribution is 2.21. The van der Waals surface area contributed by atoms with Crippen LogP contribution < -0.4 is 5.73 Å². The van der Waals surface area contributed by atoms with Crippen LogP contribution in [0.5, 0.6) is 0 Å². The predicted molar refractivity (Wildman–Crippen MR) is 69.8 cm³/mol. The quantitative estimate of drug-likeness (QED) is 0.801. The van der Waals surface area contributed by atoms with Crippen molar-refractivity contribution in [2.24, 2.45) is 0 Å². The smallest absolute Gasteiger partial charge is 0.126 e. The SMILES string of the molecule is Cc1cc(Cc2ccc(Cl)c(N)c2)ccc1F. The van der Waals surface area contributed by atoms with Gasteiger partial charge in [0.25, 0.3) is 0 Å². The molecule has 0 bridgehead atoms. The summed E-state index contributed by atoms with van der Waals surface area (Å²) < 4.78 is 13.1. The number of nitrogens with two attached hydrogens (primary N) is 1. The van der Waals surface area contributed by atoms with Crippen LogP contribution in [0.25, 0.3) is 0 Å². The fourth-order valence-electron chi connectivity index (χ4n) is 1.76. The highest BCUT2D eigenvalue weighted by molar-refractivity contribution is 6.33. The topological polar surface area (TPSA) is 26.0 Å². The van der Waals surface area contributed by atoms with Crippen molar-refractivity contribution in [3.63, 3.8) is 0 Å². The molecule has 0 amide bonds. The van der Waals surface area contributed by atoms with Gasteiger partial charge < -0.3 is 5.73 Å². The minimum atomic E-state index is -0.177. The molecule has 0 aliphatic rings.